The number of nitrogens with zero attached hydrogens (tertiary/aromatic N) is 1. The fourth-order valence-electron chi connectivity index (χ4n) is 9.26. The molecule has 4 rings (SSSR count). The third kappa shape index (κ3) is 12.1. The number of rotatable bonds is 26. The summed E-state index contributed by atoms with van der Waals surface area (Å²) in [4.78, 5) is 0. The van der Waals surface area contributed by atoms with Gasteiger partial charge in [0.1, 0.15) is 0 Å². The van der Waals surface area contributed by atoms with Gasteiger partial charge >= 0.3 is 0 Å². The van der Waals surface area contributed by atoms with Crippen molar-refractivity contribution in [2.75, 3.05) is 7.05 Å². The highest BCUT2D eigenvalue weighted by Crippen LogP contribution is 2.54. The van der Waals surface area contributed by atoms with Gasteiger partial charge < -0.3 is 0 Å². The highest BCUT2D eigenvalue weighted by atomic mass is 31.2. The summed E-state index contributed by atoms with van der Waals surface area (Å²) in [5.41, 5.74) is 2.84. The van der Waals surface area contributed by atoms with Crippen molar-refractivity contribution in [2.45, 2.75) is 169 Å². The molecule has 0 fully saturated rings. The van der Waals surface area contributed by atoms with Gasteiger partial charge in [0.25, 0.3) is 0 Å². The van der Waals surface area contributed by atoms with E-state index in [-0.39, 0.29) is 0 Å². The third-order valence-electron chi connectivity index (χ3n) is 12.7. The van der Waals surface area contributed by atoms with Gasteiger partial charge in [-0.25, -0.2) is 4.44 Å². The first kappa shape index (κ1) is 46.8. The Bertz CT molecular complexity index is 1550. The van der Waals surface area contributed by atoms with Gasteiger partial charge in [-0.15, -0.1) is 0 Å². The van der Waals surface area contributed by atoms with Crippen LogP contribution < -0.4 is 31.6 Å². The minimum atomic E-state index is -1.69. The molecular formula is C51H79NP2Si2. The topological polar surface area (TPSA) is 3.24 Å². The second kappa shape index (κ2) is 24.3. The zero-order valence-corrected chi connectivity index (χ0v) is 41.1. The highest BCUT2D eigenvalue weighted by Gasteiger charge is 2.37. The van der Waals surface area contributed by atoms with Crippen molar-refractivity contribution < 1.29 is 0 Å². The second-order valence-electron chi connectivity index (χ2n) is 17.0. The molecule has 0 aliphatic carbocycles. The molecule has 0 spiro atoms. The van der Waals surface area contributed by atoms with E-state index in [4.69, 9.17) is 0 Å². The number of benzene rings is 4. The molecule has 2 atom stereocenters. The zero-order valence-electron chi connectivity index (χ0n) is 37.3. The Hall–Kier alpha value is -1.87. The quantitative estimate of drug-likeness (QED) is 0.0450. The SMILES string of the molecule is CCCC[Si](CCCC)(CCCC)c1cccc(P(c2ccccc2C)N(C)P(c2cccc([Si](CCCC)(CCCC)CCCC)c2)c2ccccc2C)c1. The number of aryl methyl sites for hydroxylation is 2. The van der Waals surface area contributed by atoms with Crippen LogP contribution in [0.25, 0.3) is 0 Å². The molecule has 0 saturated heterocycles. The van der Waals surface area contributed by atoms with Crippen molar-refractivity contribution in [3.8, 4) is 0 Å². The number of hydrogen-bond acceptors (Lipinski definition) is 1. The van der Waals surface area contributed by atoms with Crippen molar-refractivity contribution in [2.24, 2.45) is 0 Å². The van der Waals surface area contributed by atoms with Crippen LogP contribution in [-0.4, -0.2) is 27.6 Å². The molecule has 0 bridgehead atoms. The van der Waals surface area contributed by atoms with E-state index in [1.165, 1.54) is 135 Å². The molecule has 4 aromatic rings. The van der Waals surface area contributed by atoms with Crippen LogP contribution in [0.5, 0.6) is 0 Å². The summed E-state index contributed by atoms with van der Waals surface area (Å²) < 4.78 is 2.90. The normalized spacial score (nSPS) is 13.3. The molecule has 2 unspecified atom stereocenters. The fraction of sp³-hybridized carbons (Fsp3) is 0.529. The van der Waals surface area contributed by atoms with Crippen molar-refractivity contribution in [3.05, 3.63) is 108 Å². The van der Waals surface area contributed by atoms with E-state index in [0.717, 1.165) is 0 Å². The second-order valence-corrected chi connectivity index (χ2v) is 31.0. The van der Waals surface area contributed by atoms with E-state index in [1.54, 1.807) is 21.0 Å². The Morgan fingerprint density at radius 3 is 1.00 bits per heavy atom. The maximum Gasteiger partial charge on any atom is 0.0867 e. The maximum atomic E-state index is 2.90. The van der Waals surface area contributed by atoms with Gasteiger partial charge in [-0.3, -0.25) is 0 Å². The first-order valence-corrected chi connectivity index (χ1v) is 30.7. The Kier molecular flexibility index (Phi) is 20.3. The van der Waals surface area contributed by atoms with E-state index in [9.17, 15) is 0 Å². The summed E-state index contributed by atoms with van der Waals surface area (Å²) in [5, 5.41) is 9.59. The molecule has 0 N–H and O–H groups in total. The monoisotopic (exact) mass is 824 g/mol. The zero-order chi connectivity index (χ0) is 40.4. The van der Waals surface area contributed by atoms with E-state index in [0.29, 0.717) is 0 Å². The van der Waals surface area contributed by atoms with Crippen LogP contribution in [0, 0.1) is 13.8 Å². The van der Waals surface area contributed by atoms with E-state index < -0.39 is 32.3 Å². The van der Waals surface area contributed by atoms with Gasteiger partial charge in [-0.05, 0) is 53.2 Å². The van der Waals surface area contributed by atoms with E-state index >= 15 is 0 Å². The molecule has 1 nitrogen and oxygen atoms in total. The van der Waals surface area contributed by atoms with Crippen molar-refractivity contribution in [1.82, 2.24) is 4.44 Å². The van der Waals surface area contributed by atoms with Crippen LogP contribution in [0.1, 0.15) is 130 Å². The molecule has 56 heavy (non-hydrogen) atoms. The van der Waals surface area contributed by atoms with Gasteiger partial charge in [0.15, 0.2) is 0 Å². The summed E-state index contributed by atoms with van der Waals surface area (Å²) in [6, 6.07) is 47.9. The molecule has 0 aliphatic rings. The first-order valence-electron chi connectivity index (χ1n) is 22.9. The molecule has 0 amide bonds. The Morgan fingerprint density at radius 1 is 0.411 bits per heavy atom. The average Bonchev–Trinajstić information content (AvgIpc) is 3.22. The number of unbranched alkanes of at least 4 members (excludes halogenated alkanes) is 6. The fourth-order valence-corrected chi connectivity index (χ4v) is 26.7. The Labute approximate surface area is 350 Å². The van der Waals surface area contributed by atoms with Gasteiger partial charge in [-0.1, -0.05) is 262 Å². The maximum absolute atomic E-state index is 2.90. The van der Waals surface area contributed by atoms with Crippen molar-refractivity contribution in [3.63, 3.8) is 0 Å². The molecule has 0 radical (unpaired) electrons. The molecule has 306 valence electrons. The predicted molar refractivity (Wildman–Crippen MR) is 264 cm³/mol. The molecule has 0 aromatic heterocycles. The van der Waals surface area contributed by atoms with Gasteiger partial charge in [0.2, 0.25) is 0 Å². The minimum Gasteiger partial charge on any atom is -0.248 e. The van der Waals surface area contributed by atoms with Crippen LogP contribution in [-0.2, 0) is 0 Å². The Balaban J connectivity index is 1.98. The molecule has 4 aromatic carbocycles. The summed E-state index contributed by atoms with van der Waals surface area (Å²) >= 11 is 0. The predicted octanol–water partition coefficient (Wildman–Crippen LogP) is 13.7. The lowest BCUT2D eigenvalue weighted by Gasteiger charge is -2.39. The molecule has 0 heterocycles. The van der Waals surface area contributed by atoms with Gasteiger partial charge in [0.05, 0.1) is 16.1 Å². The van der Waals surface area contributed by atoms with Crippen LogP contribution in [0.4, 0.5) is 0 Å². The standard InChI is InChI=1S/C51H79NP2Si2/c1-10-16-36-55(37-17-11-2,38-18-12-3)48-32-26-30-46(42-48)53(50-34-24-22-28-44(50)7)52(9)54(51-35-25-23-29-45(51)8)47-31-27-33-49(43-47)56(39-19-13-4,40-20-14-5)41-21-15-6/h22-35,42-43H,10-21,36-41H2,1-9H3. The van der Waals surface area contributed by atoms with Gasteiger partial charge in [0, 0.05) is 16.1 Å². The largest absolute Gasteiger partial charge is 0.248 e. The summed E-state index contributed by atoms with van der Waals surface area (Å²) in [6.45, 7) is 19.1. The summed E-state index contributed by atoms with van der Waals surface area (Å²) in [5.74, 6) is 0. The lowest BCUT2D eigenvalue weighted by molar-refractivity contribution is 0.800. The third-order valence-corrected chi connectivity index (χ3v) is 29.3. The molecule has 0 aliphatic heterocycles. The summed E-state index contributed by atoms with van der Waals surface area (Å²) in [7, 11) is -2.48. The van der Waals surface area contributed by atoms with Gasteiger partial charge in [-0.2, -0.15) is 0 Å². The lowest BCUT2D eigenvalue weighted by atomic mass is 10.2. The van der Waals surface area contributed by atoms with E-state index in [2.05, 4.69) is 164 Å². The van der Waals surface area contributed by atoms with Crippen LogP contribution in [0.2, 0.25) is 36.3 Å². The Morgan fingerprint density at radius 2 is 0.714 bits per heavy atom. The first-order chi connectivity index (χ1) is 27.2. The number of hydrogen-bond donors (Lipinski definition) is 0. The molecule has 0 saturated carbocycles. The lowest BCUT2D eigenvalue weighted by Crippen LogP contribution is -2.49. The summed E-state index contributed by atoms with van der Waals surface area (Å²) in [6.07, 6.45) is 16.0. The van der Waals surface area contributed by atoms with Crippen LogP contribution in [0.3, 0.4) is 0 Å². The van der Waals surface area contributed by atoms with Crippen LogP contribution >= 0.6 is 16.1 Å². The van der Waals surface area contributed by atoms with E-state index in [1.807, 2.05) is 0 Å². The smallest absolute Gasteiger partial charge is 0.0867 e. The molecular weight excluding hydrogens is 745 g/mol. The molecule has 5 heteroatoms. The average molecular weight is 824 g/mol. The highest BCUT2D eigenvalue weighted by molar-refractivity contribution is 7.84. The minimum absolute atomic E-state index is 0.804. The van der Waals surface area contributed by atoms with Crippen molar-refractivity contribution in [1.29, 1.82) is 0 Å². The van der Waals surface area contributed by atoms with Crippen molar-refractivity contribution >= 4 is 63.9 Å². The van der Waals surface area contributed by atoms with Crippen LogP contribution in [0.15, 0.2) is 97.1 Å².